The summed E-state index contributed by atoms with van der Waals surface area (Å²) in [7, 11) is 1.61. The van der Waals surface area contributed by atoms with Crippen molar-refractivity contribution in [2.24, 2.45) is 16.7 Å². The molecule has 1 saturated heterocycles. The van der Waals surface area contributed by atoms with E-state index in [-0.39, 0.29) is 28.8 Å². The Hall–Kier alpha value is -3.90. The van der Waals surface area contributed by atoms with Crippen LogP contribution in [0.2, 0.25) is 0 Å². The highest BCUT2D eigenvalue weighted by atomic mass is 32.1. The van der Waals surface area contributed by atoms with Crippen LogP contribution >= 0.6 is 11.3 Å². The van der Waals surface area contributed by atoms with Crippen molar-refractivity contribution in [1.82, 2.24) is 19.9 Å². The topological polar surface area (TPSA) is 102 Å². The lowest BCUT2D eigenvalue weighted by atomic mass is 9.63. The lowest BCUT2D eigenvalue weighted by Gasteiger charge is -2.47. The maximum absolute atomic E-state index is 13.5. The van der Waals surface area contributed by atoms with Crippen LogP contribution in [0.25, 0.3) is 10.9 Å². The van der Waals surface area contributed by atoms with Gasteiger partial charge in [0.05, 0.1) is 25.7 Å². The number of carbonyl (C=O) groups is 1. The fraction of sp³-hybridized carbons (Fsp3) is 0.500. The zero-order valence-electron chi connectivity index (χ0n) is 28.8. The summed E-state index contributed by atoms with van der Waals surface area (Å²) in [5, 5.41) is 7.06. The number of likely N-dealkylation sites (tertiary alicyclic amines) is 1. The van der Waals surface area contributed by atoms with Gasteiger partial charge in [-0.1, -0.05) is 41.5 Å². The number of hydrogen-bond acceptors (Lipinski definition) is 9. The zero-order valence-corrected chi connectivity index (χ0v) is 29.6. The highest BCUT2D eigenvalue weighted by Gasteiger charge is 2.44. The molecule has 1 aliphatic heterocycles. The van der Waals surface area contributed by atoms with Gasteiger partial charge in [0.1, 0.15) is 12.1 Å². The van der Waals surface area contributed by atoms with Gasteiger partial charge in [0, 0.05) is 46.9 Å². The average Bonchev–Trinajstić information content (AvgIpc) is 3.64. The van der Waals surface area contributed by atoms with Crippen LogP contribution in [-0.4, -0.2) is 58.6 Å². The van der Waals surface area contributed by atoms with Gasteiger partial charge in [-0.3, -0.25) is 9.69 Å². The molecule has 0 aliphatic carbocycles. The molecule has 0 saturated carbocycles. The molecule has 1 atom stereocenters. The van der Waals surface area contributed by atoms with Gasteiger partial charge < -0.3 is 20.1 Å². The van der Waals surface area contributed by atoms with E-state index < -0.39 is 11.6 Å². The van der Waals surface area contributed by atoms with Gasteiger partial charge in [-0.05, 0) is 60.8 Å². The number of benzene rings is 2. The van der Waals surface area contributed by atoms with Crippen LogP contribution < -0.4 is 20.1 Å². The molecule has 9 nitrogen and oxygen atoms in total. The van der Waals surface area contributed by atoms with Crippen molar-refractivity contribution in [3.05, 3.63) is 59.4 Å². The molecule has 2 N–H and O–H groups in total. The summed E-state index contributed by atoms with van der Waals surface area (Å²) in [6.07, 6.45) is 6.46. The van der Waals surface area contributed by atoms with Gasteiger partial charge in [-0.15, -0.1) is 11.3 Å². The van der Waals surface area contributed by atoms with E-state index in [4.69, 9.17) is 9.47 Å². The second-order valence-corrected chi connectivity index (χ2v) is 15.6. The number of fused-ring (bicyclic) bond motifs is 1. The highest BCUT2D eigenvalue weighted by molar-refractivity contribution is 7.15. The molecule has 1 amide bonds. The molecule has 258 valence electrons. The number of ether oxygens (including phenoxy) is 2. The molecule has 0 spiro atoms. The molecule has 0 radical (unpaired) electrons. The van der Waals surface area contributed by atoms with Crippen LogP contribution in [0, 0.1) is 28.4 Å². The van der Waals surface area contributed by atoms with E-state index in [1.165, 1.54) is 36.6 Å². The van der Waals surface area contributed by atoms with E-state index in [0.29, 0.717) is 51.4 Å². The molecule has 2 aromatic carbocycles. The summed E-state index contributed by atoms with van der Waals surface area (Å²) in [4.78, 5) is 29.1. The van der Waals surface area contributed by atoms with Crippen molar-refractivity contribution < 1.29 is 23.0 Å². The van der Waals surface area contributed by atoms with E-state index in [1.807, 2.05) is 12.1 Å². The summed E-state index contributed by atoms with van der Waals surface area (Å²) in [5.41, 5.74) is 1.31. The van der Waals surface area contributed by atoms with Crippen LogP contribution in [-0.2, 0) is 11.2 Å². The quantitative estimate of drug-likeness (QED) is 0.144. The predicted octanol–water partition coefficient (Wildman–Crippen LogP) is 8.24. The second-order valence-electron chi connectivity index (χ2n) is 14.5. The van der Waals surface area contributed by atoms with E-state index >= 15 is 0 Å². The maximum Gasteiger partial charge on any atom is 0.229 e. The molecule has 5 rings (SSSR count). The molecule has 2 aromatic heterocycles. The van der Waals surface area contributed by atoms with Gasteiger partial charge in [-0.25, -0.2) is 23.7 Å². The average molecular weight is 681 g/mol. The Kier molecular flexibility index (Phi) is 10.8. The van der Waals surface area contributed by atoms with Crippen LogP contribution in [0.5, 0.6) is 11.5 Å². The summed E-state index contributed by atoms with van der Waals surface area (Å²) < 4.78 is 38.7. The molecular weight excluding hydrogens is 634 g/mol. The monoisotopic (exact) mass is 680 g/mol. The lowest BCUT2D eigenvalue weighted by Crippen LogP contribution is -2.48. The largest absolute Gasteiger partial charge is 0.493 e. The van der Waals surface area contributed by atoms with Crippen LogP contribution in [0.15, 0.2) is 42.9 Å². The van der Waals surface area contributed by atoms with E-state index in [0.717, 1.165) is 37.0 Å². The number of hydrogen-bond donors (Lipinski definition) is 2. The number of aromatic nitrogens is 3. The Bertz CT molecular complexity index is 1720. The molecule has 1 fully saturated rings. The van der Waals surface area contributed by atoms with Crippen LogP contribution in [0.4, 0.5) is 25.4 Å². The first kappa shape index (κ1) is 35.4. The van der Waals surface area contributed by atoms with Gasteiger partial charge in [0.25, 0.3) is 0 Å². The molecular formula is C36H46F2N6O3S. The third-order valence-electron chi connectivity index (χ3n) is 8.75. The normalized spacial score (nSPS) is 15.7. The Morgan fingerprint density at radius 1 is 1.04 bits per heavy atom. The first-order valence-corrected chi connectivity index (χ1v) is 17.2. The maximum atomic E-state index is 13.5. The number of halogens is 2. The van der Waals surface area contributed by atoms with Gasteiger partial charge >= 0.3 is 0 Å². The summed E-state index contributed by atoms with van der Waals surface area (Å²) in [5.74, 6) is -0.0542. The molecule has 0 unspecified atom stereocenters. The van der Waals surface area contributed by atoms with E-state index in [2.05, 4.69) is 72.0 Å². The number of anilines is 3. The first-order chi connectivity index (χ1) is 22.7. The summed E-state index contributed by atoms with van der Waals surface area (Å²) >= 11 is 1.28. The number of methoxy groups -OCH3 is 1. The minimum absolute atomic E-state index is 0.0174. The predicted molar refractivity (Wildman–Crippen MR) is 187 cm³/mol. The number of amides is 1. The molecule has 3 heterocycles. The van der Waals surface area contributed by atoms with Crippen molar-refractivity contribution in [1.29, 1.82) is 0 Å². The number of nitrogens with zero attached hydrogens (tertiary/aromatic N) is 4. The van der Waals surface area contributed by atoms with Crippen molar-refractivity contribution in [3.8, 4) is 11.5 Å². The highest BCUT2D eigenvalue weighted by Crippen LogP contribution is 2.46. The first-order valence-electron chi connectivity index (χ1n) is 16.4. The van der Waals surface area contributed by atoms with Crippen molar-refractivity contribution >= 4 is 44.8 Å². The molecule has 12 heteroatoms. The molecule has 4 aromatic rings. The van der Waals surface area contributed by atoms with Gasteiger partial charge in [0.15, 0.2) is 28.3 Å². The summed E-state index contributed by atoms with van der Waals surface area (Å²) in [6.45, 7) is 16.9. The molecule has 1 aliphatic rings. The number of carbonyl (C=O) groups excluding carboxylic acids is 1. The minimum atomic E-state index is -1.03. The standard InChI is InChI=1S/C36H46F2N6O3S/c1-35(2,3)32(36(4,5)6)28-10-8-13-44(28)14-9-15-47-30-19-27-24(18-29(30)46-7)33(41-21-40-27)43-34-39-20-23(48-34)17-31(45)42-22-11-12-25(37)26(38)16-22/h11-12,16,18-21,28,32H,8-10,13-15,17H2,1-7H3,(H,42,45)(H,39,40,41,43)/t28-/m0/s1. The molecule has 48 heavy (non-hydrogen) atoms. The minimum Gasteiger partial charge on any atom is -0.493 e. The zero-order chi connectivity index (χ0) is 34.6. The summed E-state index contributed by atoms with van der Waals surface area (Å²) in [6, 6.07) is 7.50. The fourth-order valence-electron chi connectivity index (χ4n) is 7.33. The Balaban J connectivity index is 1.20. The third-order valence-corrected chi connectivity index (χ3v) is 9.66. The van der Waals surface area contributed by atoms with Crippen LogP contribution in [0.1, 0.15) is 65.7 Å². The van der Waals surface area contributed by atoms with Gasteiger partial charge in [0.2, 0.25) is 5.91 Å². The van der Waals surface area contributed by atoms with Crippen LogP contribution in [0.3, 0.4) is 0 Å². The SMILES string of the molecule is COc1cc2c(Nc3ncc(CC(=O)Nc4ccc(F)c(F)c4)s3)ncnc2cc1OCCCN1CCC[C@H]1C(C(C)(C)C)C(C)(C)C. The number of nitrogens with one attached hydrogen (secondary N) is 2. The van der Waals surface area contributed by atoms with Crippen molar-refractivity contribution in [2.45, 2.75) is 73.3 Å². The van der Waals surface area contributed by atoms with Crippen molar-refractivity contribution in [2.75, 3.05) is 37.4 Å². The van der Waals surface area contributed by atoms with E-state index in [9.17, 15) is 13.6 Å². The van der Waals surface area contributed by atoms with E-state index in [1.54, 1.807) is 13.3 Å². The fourth-order valence-corrected chi connectivity index (χ4v) is 8.14. The Morgan fingerprint density at radius 2 is 1.81 bits per heavy atom. The number of thiazole rings is 1. The Morgan fingerprint density at radius 3 is 2.52 bits per heavy atom. The smallest absolute Gasteiger partial charge is 0.229 e. The Labute approximate surface area is 285 Å². The third kappa shape index (κ3) is 8.57. The number of rotatable bonds is 12. The lowest BCUT2D eigenvalue weighted by molar-refractivity contribution is -0.115. The second kappa shape index (κ2) is 14.7. The molecule has 0 bridgehead atoms. The van der Waals surface area contributed by atoms with Crippen molar-refractivity contribution in [3.63, 3.8) is 0 Å². The van der Waals surface area contributed by atoms with Gasteiger partial charge in [-0.2, -0.15) is 0 Å².